The molecule has 0 unspecified atom stereocenters. The van der Waals surface area contributed by atoms with E-state index < -0.39 is 35.0 Å². The van der Waals surface area contributed by atoms with Crippen LogP contribution in [0.15, 0.2) is 18.3 Å². The number of fused-ring (bicyclic) bond motifs is 1. The van der Waals surface area contributed by atoms with Crippen molar-refractivity contribution in [2.75, 3.05) is 10.6 Å². The van der Waals surface area contributed by atoms with Crippen LogP contribution in [-0.4, -0.2) is 36.6 Å². The molecule has 2 heterocycles. The van der Waals surface area contributed by atoms with Crippen LogP contribution < -0.4 is 10.6 Å². The van der Waals surface area contributed by atoms with E-state index in [-0.39, 0.29) is 18.0 Å². The molecule has 0 radical (unpaired) electrons. The van der Waals surface area contributed by atoms with Crippen LogP contribution in [0.3, 0.4) is 0 Å². The summed E-state index contributed by atoms with van der Waals surface area (Å²) >= 11 is 0. The van der Waals surface area contributed by atoms with Crippen molar-refractivity contribution < 1.29 is 23.1 Å². The minimum absolute atomic E-state index is 0.0785. The van der Waals surface area contributed by atoms with Gasteiger partial charge < -0.3 is 15.7 Å². The lowest BCUT2D eigenvalue weighted by Gasteiger charge is -2.28. The molecule has 1 fully saturated rings. The Labute approximate surface area is 181 Å². The number of benzene rings is 1. The van der Waals surface area contributed by atoms with Crippen molar-refractivity contribution in [1.29, 1.82) is 0 Å². The van der Waals surface area contributed by atoms with Crippen LogP contribution in [0.4, 0.5) is 30.8 Å². The minimum Gasteiger partial charge on any atom is -0.481 e. The summed E-state index contributed by atoms with van der Waals surface area (Å²) in [5.74, 6) is -3.98. The van der Waals surface area contributed by atoms with Gasteiger partial charge in [-0.1, -0.05) is 0 Å². The second-order valence-electron chi connectivity index (χ2n) is 8.22. The number of aliphatic carboxylic acids is 1. The Morgan fingerprint density at radius 2 is 1.78 bits per heavy atom. The molecule has 3 aromatic rings. The molecule has 0 atom stereocenters. The van der Waals surface area contributed by atoms with E-state index in [1.165, 1.54) is 6.20 Å². The summed E-state index contributed by atoms with van der Waals surface area (Å²) in [6, 6.07) is 1.06. The number of anilines is 3. The monoisotopic (exact) mass is 448 g/mol. The molecular formula is C21H23F3N6O2. The number of rotatable bonds is 6. The Hall–Kier alpha value is -3.37. The van der Waals surface area contributed by atoms with Crippen molar-refractivity contribution in [3.8, 4) is 0 Å². The maximum absolute atomic E-state index is 14.3. The van der Waals surface area contributed by atoms with Gasteiger partial charge in [0, 0.05) is 24.2 Å². The number of carboxylic acids is 1. The number of imidazole rings is 1. The van der Waals surface area contributed by atoms with Crippen LogP contribution in [-0.2, 0) is 4.79 Å². The first-order valence-corrected chi connectivity index (χ1v) is 10.4. The number of halogens is 3. The Balaban J connectivity index is 1.78. The van der Waals surface area contributed by atoms with Gasteiger partial charge in [-0.2, -0.15) is 4.98 Å². The Morgan fingerprint density at radius 1 is 1.12 bits per heavy atom. The van der Waals surface area contributed by atoms with E-state index in [4.69, 9.17) is 0 Å². The number of carbonyl (C=O) groups is 1. The van der Waals surface area contributed by atoms with Crippen LogP contribution in [0, 0.1) is 23.4 Å². The van der Waals surface area contributed by atoms with Gasteiger partial charge >= 0.3 is 5.97 Å². The molecule has 11 heteroatoms. The predicted molar refractivity (Wildman–Crippen MR) is 112 cm³/mol. The molecule has 0 bridgehead atoms. The van der Waals surface area contributed by atoms with Gasteiger partial charge in [-0.15, -0.1) is 0 Å². The Kier molecular flexibility index (Phi) is 5.90. The smallest absolute Gasteiger partial charge is 0.306 e. The molecule has 1 saturated carbocycles. The first-order valence-electron chi connectivity index (χ1n) is 10.4. The number of carboxylic acid groups (broad SMARTS) is 1. The fraction of sp³-hybridized carbons (Fsp3) is 0.429. The maximum atomic E-state index is 14.3. The van der Waals surface area contributed by atoms with E-state index in [1.54, 1.807) is 4.57 Å². The van der Waals surface area contributed by atoms with Crippen molar-refractivity contribution in [3.63, 3.8) is 0 Å². The standard InChI is InChI=1S/C21H23F3N6O2/c1-10(2)26-20-25-9-16-18(29-20)30(13-5-3-11(4-6-13)19(31)32)21(27-16)28-17-14(23)7-12(22)8-15(17)24/h7-11,13H,3-6H2,1-2H3,(H,27,28)(H,31,32)(H,25,26,29). The normalized spacial score (nSPS) is 18.8. The second kappa shape index (κ2) is 8.64. The lowest BCUT2D eigenvalue weighted by atomic mass is 9.86. The highest BCUT2D eigenvalue weighted by molar-refractivity contribution is 5.77. The summed E-state index contributed by atoms with van der Waals surface area (Å²) in [7, 11) is 0. The van der Waals surface area contributed by atoms with Crippen molar-refractivity contribution in [3.05, 3.63) is 35.8 Å². The van der Waals surface area contributed by atoms with E-state index in [0.717, 1.165) is 0 Å². The topological polar surface area (TPSA) is 105 Å². The number of nitrogens with zero attached hydrogens (tertiary/aromatic N) is 4. The van der Waals surface area contributed by atoms with Gasteiger partial charge in [0.2, 0.25) is 11.9 Å². The zero-order chi connectivity index (χ0) is 23.0. The lowest BCUT2D eigenvalue weighted by Crippen LogP contribution is -2.24. The van der Waals surface area contributed by atoms with E-state index in [2.05, 4.69) is 25.6 Å². The highest BCUT2D eigenvalue weighted by Gasteiger charge is 2.30. The van der Waals surface area contributed by atoms with Crippen molar-refractivity contribution in [2.45, 2.75) is 51.6 Å². The Morgan fingerprint density at radius 3 is 2.38 bits per heavy atom. The van der Waals surface area contributed by atoms with Crippen molar-refractivity contribution in [2.24, 2.45) is 5.92 Å². The molecule has 0 aliphatic heterocycles. The number of hydrogen-bond donors (Lipinski definition) is 3. The van der Waals surface area contributed by atoms with Gasteiger partial charge in [0.25, 0.3) is 0 Å². The van der Waals surface area contributed by atoms with Crippen LogP contribution in [0.25, 0.3) is 11.2 Å². The third-order valence-electron chi connectivity index (χ3n) is 5.51. The van der Waals surface area contributed by atoms with Gasteiger partial charge in [-0.05, 0) is 39.5 Å². The summed E-state index contributed by atoms with van der Waals surface area (Å²) in [5.41, 5.74) is 0.327. The summed E-state index contributed by atoms with van der Waals surface area (Å²) in [6.45, 7) is 3.87. The van der Waals surface area contributed by atoms with Crippen LogP contribution in [0.5, 0.6) is 0 Å². The first-order chi connectivity index (χ1) is 15.2. The molecule has 1 aromatic carbocycles. The third-order valence-corrected chi connectivity index (χ3v) is 5.51. The van der Waals surface area contributed by atoms with Crippen molar-refractivity contribution in [1.82, 2.24) is 19.5 Å². The van der Waals surface area contributed by atoms with Gasteiger partial charge in [0.05, 0.1) is 12.1 Å². The average Bonchev–Trinajstić information content (AvgIpc) is 3.07. The highest BCUT2D eigenvalue weighted by atomic mass is 19.1. The molecular weight excluding hydrogens is 425 g/mol. The van der Waals surface area contributed by atoms with E-state index in [0.29, 0.717) is 54.9 Å². The number of aromatic nitrogens is 4. The molecule has 0 spiro atoms. The SMILES string of the molecule is CC(C)Nc1ncc2nc(Nc3c(F)cc(F)cc3F)n(C3CCC(C(=O)O)CC3)c2n1. The summed E-state index contributed by atoms with van der Waals surface area (Å²) < 4.78 is 43.6. The molecule has 4 rings (SSSR count). The van der Waals surface area contributed by atoms with E-state index in [9.17, 15) is 23.1 Å². The lowest BCUT2D eigenvalue weighted by molar-refractivity contribution is -0.143. The second-order valence-corrected chi connectivity index (χ2v) is 8.22. The highest BCUT2D eigenvalue weighted by Crippen LogP contribution is 2.37. The summed E-state index contributed by atoms with van der Waals surface area (Å²) in [4.78, 5) is 24.5. The zero-order valence-corrected chi connectivity index (χ0v) is 17.6. The molecule has 8 nitrogen and oxygen atoms in total. The summed E-state index contributed by atoms with van der Waals surface area (Å²) in [5, 5.41) is 15.1. The van der Waals surface area contributed by atoms with Gasteiger partial charge in [0.15, 0.2) is 17.3 Å². The molecule has 32 heavy (non-hydrogen) atoms. The molecule has 2 aromatic heterocycles. The third kappa shape index (κ3) is 4.32. The van der Waals surface area contributed by atoms with E-state index >= 15 is 0 Å². The first kappa shape index (κ1) is 21.8. The van der Waals surface area contributed by atoms with E-state index in [1.807, 2.05) is 13.8 Å². The average molecular weight is 448 g/mol. The fourth-order valence-electron chi connectivity index (χ4n) is 4.01. The van der Waals surface area contributed by atoms with Crippen LogP contribution >= 0.6 is 0 Å². The van der Waals surface area contributed by atoms with Crippen molar-refractivity contribution >= 4 is 34.7 Å². The molecule has 0 amide bonds. The van der Waals surface area contributed by atoms with Crippen LogP contribution in [0.2, 0.25) is 0 Å². The largest absolute Gasteiger partial charge is 0.481 e. The molecule has 0 saturated heterocycles. The maximum Gasteiger partial charge on any atom is 0.306 e. The number of nitrogens with one attached hydrogen (secondary N) is 2. The molecule has 170 valence electrons. The fourth-order valence-corrected chi connectivity index (χ4v) is 4.01. The molecule has 3 N–H and O–H groups in total. The zero-order valence-electron chi connectivity index (χ0n) is 17.6. The molecule has 1 aliphatic rings. The minimum atomic E-state index is -1.09. The van der Waals surface area contributed by atoms with Gasteiger partial charge in [-0.25, -0.2) is 23.1 Å². The van der Waals surface area contributed by atoms with Gasteiger partial charge in [-0.3, -0.25) is 9.36 Å². The number of hydrogen-bond acceptors (Lipinski definition) is 6. The predicted octanol–water partition coefficient (Wildman–Crippen LogP) is 4.62. The van der Waals surface area contributed by atoms with Gasteiger partial charge in [0.1, 0.15) is 17.0 Å². The summed E-state index contributed by atoms with van der Waals surface area (Å²) in [6.07, 6.45) is 3.49. The Bertz CT molecular complexity index is 1130. The molecule has 1 aliphatic carbocycles. The van der Waals surface area contributed by atoms with Crippen LogP contribution in [0.1, 0.15) is 45.6 Å². The quantitative estimate of drug-likeness (QED) is 0.505.